The lowest BCUT2D eigenvalue weighted by Crippen LogP contribution is -2.47. The molecule has 2 aliphatic carbocycles. The Kier molecular flexibility index (Phi) is 1.33. The number of hydrogen-bond donors (Lipinski definition) is 0. The standard InChI is InChI=1S/C9H14O/c1-6-7-4-2-3-5-8(7)9(6)10/h6-8H,2-5H2,1H3. The molecule has 0 spiro atoms. The van der Waals surface area contributed by atoms with Crippen LogP contribution < -0.4 is 0 Å². The lowest BCUT2D eigenvalue weighted by atomic mass is 9.58. The number of rotatable bonds is 0. The average molecular weight is 138 g/mol. The molecule has 0 amide bonds. The molecule has 0 heterocycles. The molecule has 2 rings (SSSR count). The van der Waals surface area contributed by atoms with Crippen molar-refractivity contribution in [3.05, 3.63) is 0 Å². The first-order chi connectivity index (χ1) is 4.80. The molecule has 0 aromatic heterocycles. The number of fused-ring (bicyclic) bond motifs is 1. The average Bonchev–Trinajstić information content (AvgIpc) is 2.03. The van der Waals surface area contributed by atoms with E-state index in [0.29, 0.717) is 17.6 Å². The highest BCUT2D eigenvalue weighted by Crippen LogP contribution is 2.45. The van der Waals surface area contributed by atoms with Crippen molar-refractivity contribution in [3.63, 3.8) is 0 Å². The zero-order valence-corrected chi connectivity index (χ0v) is 6.47. The minimum Gasteiger partial charge on any atom is -0.299 e. The van der Waals surface area contributed by atoms with Gasteiger partial charge in [0.2, 0.25) is 0 Å². The number of ketones is 1. The van der Waals surface area contributed by atoms with E-state index in [4.69, 9.17) is 0 Å². The highest BCUT2D eigenvalue weighted by molar-refractivity contribution is 5.89. The van der Waals surface area contributed by atoms with Crippen LogP contribution in [0.1, 0.15) is 32.6 Å². The summed E-state index contributed by atoms with van der Waals surface area (Å²) in [5.74, 6) is 2.22. The van der Waals surface area contributed by atoms with E-state index in [9.17, 15) is 4.79 Å². The molecule has 2 aliphatic rings. The van der Waals surface area contributed by atoms with Crippen LogP contribution in [0.2, 0.25) is 0 Å². The molecule has 0 bridgehead atoms. The summed E-state index contributed by atoms with van der Waals surface area (Å²) in [6.07, 6.45) is 5.16. The molecule has 3 unspecified atom stereocenters. The number of carbonyl (C=O) groups excluding carboxylic acids is 1. The third-order valence-corrected chi connectivity index (χ3v) is 3.28. The summed E-state index contributed by atoms with van der Waals surface area (Å²) in [5.41, 5.74) is 0. The van der Waals surface area contributed by atoms with Gasteiger partial charge in [-0.15, -0.1) is 0 Å². The van der Waals surface area contributed by atoms with Gasteiger partial charge in [0, 0.05) is 11.8 Å². The van der Waals surface area contributed by atoms with Gasteiger partial charge in [-0.25, -0.2) is 0 Å². The Morgan fingerprint density at radius 1 is 1.30 bits per heavy atom. The van der Waals surface area contributed by atoms with Crippen molar-refractivity contribution < 1.29 is 4.79 Å². The molecular weight excluding hydrogens is 124 g/mol. The minimum absolute atomic E-state index is 0.408. The van der Waals surface area contributed by atoms with Crippen molar-refractivity contribution >= 4 is 5.78 Å². The van der Waals surface area contributed by atoms with Crippen molar-refractivity contribution in [2.24, 2.45) is 17.8 Å². The van der Waals surface area contributed by atoms with Crippen LogP contribution in [0.25, 0.3) is 0 Å². The second-order valence-corrected chi connectivity index (χ2v) is 3.75. The third-order valence-electron chi connectivity index (χ3n) is 3.28. The summed E-state index contributed by atoms with van der Waals surface area (Å²) in [6, 6.07) is 0. The predicted molar refractivity (Wildman–Crippen MR) is 39.6 cm³/mol. The van der Waals surface area contributed by atoms with E-state index in [1.165, 1.54) is 25.7 Å². The quantitative estimate of drug-likeness (QED) is 0.500. The van der Waals surface area contributed by atoms with Crippen molar-refractivity contribution in [1.82, 2.24) is 0 Å². The van der Waals surface area contributed by atoms with Crippen LogP contribution in [0.5, 0.6) is 0 Å². The van der Waals surface area contributed by atoms with Crippen LogP contribution in [0.4, 0.5) is 0 Å². The van der Waals surface area contributed by atoms with Gasteiger partial charge in [-0.05, 0) is 18.8 Å². The molecule has 1 nitrogen and oxygen atoms in total. The fraction of sp³-hybridized carbons (Fsp3) is 0.889. The monoisotopic (exact) mass is 138 g/mol. The second kappa shape index (κ2) is 2.08. The Labute approximate surface area is 61.8 Å². The third kappa shape index (κ3) is 0.664. The highest BCUT2D eigenvalue weighted by Gasteiger charge is 2.46. The van der Waals surface area contributed by atoms with Gasteiger partial charge < -0.3 is 0 Å². The largest absolute Gasteiger partial charge is 0.299 e. The van der Waals surface area contributed by atoms with Crippen molar-refractivity contribution in [1.29, 1.82) is 0 Å². The molecule has 2 saturated carbocycles. The maximum absolute atomic E-state index is 11.2. The second-order valence-electron chi connectivity index (χ2n) is 3.75. The van der Waals surface area contributed by atoms with Gasteiger partial charge in [-0.2, -0.15) is 0 Å². The maximum atomic E-state index is 11.2. The SMILES string of the molecule is CC1C(=O)C2CCCCC12. The van der Waals surface area contributed by atoms with Crippen LogP contribution in [0.15, 0.2) is 0 Å². The zero-order chi connectivity index (χ0) is 7.14. The number of hydrogen-bond acceptors (Lipinski definition) is 1. The molecule has 0 radical (unpaired) electrons. The fourth-order valence-electron chi connectivity index (χ4n) is 2.54. The fourth-order valence-corrected chi connectivity index (χ4v) is 2.54. The number of carbonyl (C=O) groups is 1. The van der Waals surface area contributed by atoms with Crippen LogP contribution in [0, 0.1) is 17.8 Å². The smallest absolute Gasteiger partial charge is 0.139 e. The van der Waals surface area contributed by atoms with Crippen LogP contribution >= 0.6 is 0 Å². The normalized spacial score (nSPS) is 46.1. The molecule has 1 heteroatoms. The molecule has 10 heavy (non-hydrogen) atoms. The van der Waals surface area contributed by atoms with Gasteiger partial charge in [-0.1, -0.05) is 19.8 Å². The van der Waals surface area contributed by atoms with E-state index in [-0.39, 0.29) is 0 Å². The van der Waals surface area contributed by atoms with Crippen molar-refractivity contribution in [2.75, 3.05) is 0 Å². The topological polar surface area (TPSA) is 17.1 Å². The summed E-state index contributed by atoms with van der Waals surface area (Å²) in [4.78, 5) is 11.2. The first-order valence-corrected chi connectivity index (χ1v) is 4.34. The van der Waals surface area contributed by atoms with Gasteiger partial charge in [-0.3, -0.25) is 4.79 Å². The minimum atomic E-state index is 0.408. The highest BCUT2D eigenvalue weighted by atomic mass is 16.1. The van der Waals surface area contributed by atoms with E-state index >= 15 is 0 Å². The Hall–Kier alpha value is -0.330. The lowest BCUT2D eigenvalue weighted by molar-refractivity contribution is -0.144. The molecule has 56 valence electrons. The van der Waals surface area contributed by atoms with Gasteiger partial charge in [0.05, 0.1) is 0 Å². The van der Waals surface area contributed by atoms with E-state index in [0.717, 1.165) is 5.92 Å². The molecular formula is C9H14O. The molecule has 0 aliphatic heterocycles. The Balaban J connectivity index is 2.06. The van der Waals surface area contributed by atoms with Gasteiger partial charge in [0.1, 0.15) is 5.78 Å². The summed E-state index contributed by atoms with van der Waals surface area (Å²) >= 11 is 0. The first-order valence-electron chi connectivity index (χ1n) is 4.34. The zero-order valence-electron chi connectivity index (χ0n) is 6.47. The number of Topliss-reactive ketones (excluding diaryl/α,β-unsaturated/α-hetero) is 1. The molecule has 0 N–H and O–H groups in total. The van der Waals surface area contributed by atoms with Crippen LogP contribution in [-0.4, -0.2) is 5.78 Å². The van der Waals surface area contributed by atoms with E-state index in [2.05, 4.69) is 6.92 Å². The van der Waals surface area contributed by atoms with Crippen molar-refractivity contribution in [3.8, 4) is 0 Å². The first kappa shape index (κ1) is 6.38. The molecule has 0 aromatic rings. The van der Waals surface area contributed by atoms with Gasteiger partial charge >= 0.3 is 0 Å². The van der Waals surface area contributed by atoms with Gasteiger partial charge in [0.15, 0.2) is 0 Å². The summed E-state index contributed by atoms with van der Waals surface area (Å²) in [5, 5.41) is 0. The summed E-state index contributed by atoms with van der Waals surface area (Å²) in [6.45, 7) is 2.09. The van der Waals surface area contributed by atoms with Gasteiger partial charge in [0.25, 0.3) is 0 Å². The van der Waals surface area contributed by atoms with E-state index < -0.39 is 0 Å². The Morgan fingerprint density at radius 2 is 2.00 bits per heavy atom. The van der Waals surface area contributed by atoms with Crippen LogP contribution in [0.3, 0.4) is 0 Å². The predicted octanol–water partition coefficient (Wildman–Crippen LogP) is 2.01. The summed E-state index contributed by atoms with van der Waals surface area (Å²) < 4.78 is 0. The molecule has 0 saturated heterocycles. The maximum Gasteiger partial charge on any atom is 0.139 e. The van der Waals surface area contributed by atoms with Crippen LogP contribution in [-0.2, 0) is 4.79 Å². The Morgan fingerprint density at radius 3 is 2.70 bits per heavy atom. The Bertz CT molecular complexity index is 162. The van der Waals surface area contributed by atoms with E-state index in [1.54, 1.807) is 0 Å². The molecule has 0 aromatic carbocycles. The van der Waals surface area contributed by atoms with Crippen molar-refractivity contribution in [2.45, 2.75) is 32.6 Å². The molecule has 2 fully saturated rings. The molecule has 3 atom stereocenters. The van der Waals surface area contributed by atoms with E-state index in [1.807, 2.05) is 0 Å². The summed E-state index contributed by atoms with van der Waals surface area (Å²) in [7, 11) is 0. The lowest BCUT2D eigenvalue weighted by Gasteiger charge is -2.44.